The first-order valence-electron chi connectivity index (χ1n) is 6.86. The molecule has 2 saturated heterocycles. The molecule has 0 aromatic heterocycles. The summed E-state index contributed by atoms with van der Waals surface area (Å²) in [7, 11) is -3.45. The molecule has 0 spiro atoms. The molecule has 3 nitrogen and oxygen atoms in total. The number of hydrogen-bond acceptors (Lipinski definition) is 2. The predicted octanol–water partition coefficient (Wildman–Crippen LogP) is 3.52. The van der Waals surface area contributed by atoms with Gasteiger partial charge in [0, 0.05) is 17.1 Å². The molecular weight excluding hydrogens is 294 g/mol. The van der Waals surface area contributed by atoms with Crippen LogP contribution in [0.15, 0.2) is 35.2 Å². The van der Waals surface area contributed by atoms with E-state index in [9.17, 15) is 8.42 Å². The van der Waals surface area contributed by atoms with Crippen LogP contribution in [0.4, 0.5) is 0 Å². The lowest BCUT2D eigenvalue weighted by Crippen LogP contribution is -2.44. The van der Waals surface area contributed by atoms with Gasteiger partial charge in [-0.05, 0) is 50.3 Å². The van der Waals surface area contributed by atoms with Crippen LogP contribution < -0.4 is 0 Å². The molecule has 2 bridgehead atoms. The lowest BCUT2D eigenvalue weighted by molar-refractivity contribution is 0.286. The summed E-state index contributed by atoms with van der Waals surface area (Å²) in [6, 6.07) is 5.13. The minimum atomic E-state index is -3.45. The molecule has 0 radical (unpaired) electrons. The third-order valence-corrected chi connectivity index (χ3v) is 6.73. The third-order valence-electron chi connectivity index (χ3n) is 4.32. The van der Waals surface area contributed by atoms with Gasteiger partial charge in [-0.15, -0.1) is 0 Å². The molecule has 20 heavy (non-hydrogen) atoms. The molecule has 3 rings (SSSR count). The van der Waals surface area contributed by atoms with Gasteiger partial charge in [0.1, 0.15) is 0 Å². The highest BCUT2D eigenvalue weighted by Gasteiger charge is 2.45. The number of benzene rings is 1. The number of rotatable bonds is 2. The Morgan fingerprint density at radius 1 is 1.25 bits per heavy atom. The van der Waals surface area contributed by atoms with Crippen molar-refractivity contribution in [3.8, 4) is 0 Å². The lowest BCUT2D eigenvalue weighted by Gasteiger charge is -2.34. The Kier molecular flexibility index (Phi) is 3.43. The van der Waals surface area contributed by atoms with Crippen molar-refractivity contribution in [3.05, 3.63) is 40.9 Å². The summed E-state index contributed by atoms with van der Waals surface area (Å²) >= 11 is 6.07. The van der Waals surface area contributed by atoms with Gasteiger partial charge in [0.2, 0.25) is 10.0 Å². The van der Waals surface area contributed by atoms with Crippen LogP contribution in [-0.4, -0.2) is 24.8 Å². The fourth-order valence-corrected chi connectivity index (χ4v) is 5.46. The van der Waals surface area contributed by atoms with Crippen molar-refractivity contribution in [2.75, 3.05) is 0 Å². The molecule has 1 aromatic rings. The van der Waals surface area contributed by atoms with Crippen LogP contribution in [0.3, 0.4) is 0 Å². The Balaban J connectivity index is 2.00. The summed E-state index contributed by atoms with van der Waals surface area (Å²) in [5.74, 6) is 0. The van der Waals surface area contributed by atoms with Crippen molar-refractivity contribution in [3.63, 3.8) is 0 Å². The third kappa shape index (κ3) is 2.20. The van der Waals surface area contributed by atoms with E-state index < -0.39 is 10.0 Å². The van der Waals surface area contributed by atoms with Crippen LogP contribution >= 0.6 is 11.6 Å². The van der Waals surface area contributed by atoms with Crippen LogP contribution in [0.1, 0.15) is 31.2 Å². The van der Waals surface area contributed by atoms with Gasteiger partial charge in [-0.2, -0.15) is 4.31 Å². The highest BCUT2D eigenvalue weighted by molar-refractivity contribution is 7.89. The average Bonchev–Trinajstić information content (AvgIpc) is 2.66. The van der Waals surface area contributed by atoms with E-state index in [-0.39, 0.29) is 12.1 Å². The van der Waals surface area contributed by atoms with Gasteiger partial charge in [0.05, 0.1) is 4.90 Å². The fraction of sp³-hybridized carbons (Fsp3) is 0.467. The highest BCUT2D eigenvalue weighted by Crippen LogP contribution is 2.41. The van der Waals surface area contributed by atoms with Crippen LogP contribution in [-0.2, 0) is 10.0 Å². The predicted molar refractivity (Wildman–Crippen MR) is 80.4 cm³/mol. The maximum absolute atomic E-state index is 12.9. The van der Waals surface area contributed by atoms with Crippen molar-refractivity contribution in [1.29, 1.82) is 0 Å². The number of sulfonamides is 1. The molecule has 108 valence electrons. The summed E-state index contributed by atoms with van der Waals surface area (Å²) in [5.41, 5.74) is 2.06. The van der Waals surface area contributed by atoms with Gasteiger partial charge >= 0.3 is 0 Å². The molecule has 0 saturated carbocycles. The number of nitrogens with zero attached hydrogens (tertiary/aromatic N) is 1. The monoisotopic (exact) mass is 311 g/mol. The Morgan fingerprint density at radius 3 is 2.40 bits per heavy atom. The van der Waals surface area contributed by atoms with Crippen LogP contribution in [0, 0.1) is 6.92 Å². The van der Waals surface area contributed by atoms with Crippen molar-refractivity contribution in [2.45, 2.75) is 49.6 Å². The zero-order valence-corrected chi connectivity index (χ0v) is 13.0. The standard InChI is InChI=1S/C15H18ClNO2S/c1-10-7-12-4-5-13(8-10)17(12)20(18,19)14-6-3-11(2)15(16)9-14/h3,6,9,12-13H,1,4-5,7-8H2,2H3. The maximum Gasteiger partial charge on any atom is 0.243 e. The van der Waals surface area contributed by atoms with Gasteiger partial charge in [-0.25, -0.2) is 8.42 Å². The molecular formula is C15H18ClNO2S. The number of hydrogen-bond donors (Lipinski definition) is 0. The largest absolute Gasteiger partial charge is 0.243 e. The molecule has 5 heteroatoms. The zero-order chi connectivity index (χ0) is 14.5. The Labute approximate surface area is 125 Å². The van der Waals surface area contributed by atoms with E-state index in [0.717, 1.165) is 31.2 Å². The van der Waals surface area contributed by atoms with E-state index in [1.807, 2.05) is 6.92 Å². The van der Waals surface area contributed by atoms with Gasteiger partial charge < -0.3 is 0 Å². The van der Waals surface area contributed by atoms with Gasteiger partial charge in [0.25, 0.3) is 0 Å². The Hall–Kier alpha value is -0.840. The van der Waals surface area contributed by atoms with Gasteiger partial charge in [0.15, 0.2) is 0 Å². The molecule has 2 atom stereocenters. The SMILES string of the molecule is C=C1CC2CCC(C1)N2S(=O)(=O)c1ccc(C)c(Cl)c1. The summed E-state index contributed by atoms with van der Waals surface area (Å²) in [6.45, 7) is 5.90. The van der Waals surface area contributed by atoms with Crippen molar-refractivity contribution in [2.24, 2.45) is 0 Å². The normalized spacial score (nSPS) is 27.0. The Bertz CT molecular complexity index is 652. The van der Waals surface area contributed by atoms with E-state index in [1.54, 1.807) is 22.5 Å². The summed E-state index contributed by atoms with van der Waals surface area (Å²) in [5, 5.41) is 0.500. The van der Waals surface area contributed by atoms with E-state index in [1.165, 1.54) is 5.57 Å². The van der Waals surface area contributed by atoms with E-state index in [2.05, 4.69) is 6.58 Å². The van der Waals surface area contributed by atoms with Crippen molar-refractivity contribution in [1.82, 2.24) is 4.31 Å². The maximum atomic E-state index is 12.9. The molecule has 0 amide bonds. The summed E-state index contributed by atoms with van der Waals surface area (Å²) < 4.78 is 27.4. The fourth-order valence-electron chi connectivity index (χ4n) is 3.32. The second-order valence-corrected chi connectivity index (χ2v) is 8.04. The summed E-state index contributed by atoms with van der Waals surface area (Å²) in [6.07, 6.45) is 3.44. The molecule has 0 N–H and O–H groups in total. The topological polar surface area (TPSA) is 37.4 Å². The average molecular weight is 312 g/mol. The number of piperidine rings is 1. The first kappa shape index (κ1) is 14.1. The second kappa shape index (κ2) is 4.86. The quantitative estimate of drug-likeness (QED) is 0.784. The van der Waals surface area contributed by atoms with Crippen molar-refractivity contribution < 1.29 is 8.42 Å². The first-order valence-corrected chi connectivity index (χ1v) is 8.68. The molecule has 1 aromatic carbocycles. The van der Waals surface area contributed by atoms with E-state index in [4.69, 9.17) is 11.6 Å². The smallest absolute Gasteiger partial charge is 0.207 e. The number of aryl methyl sites for hydroxylation is 1. The molecule has 0 aliphatic carbocycles. The number of fused-ring (bicyclic) bond motifs is 2. The molecule has 2 aliphatic heterocycles. The van der Waals surface area contributed by atoms with E-state index >= 15 is 0 Å². The van der Waals surface area contributed by atoms with Gasteiger partial charge in [-0.3, -0.25) is 0 Å². The summed E-state index contributed by atoms with van der Waals surface area (Å²) in [4.78, 5) is 0.303. The van der Waals surface area contributed by atoms with E-state index in [0.29, 0.717) is 9.92 Å². The molecule has 2 fully saturated rings. The lowest BCUT2D eigenvalue weighted by atomic mass is 10.0. The van der Waals surface area contributed by atoms with Crippen LogP contribution in [0.2, 0.25) is 5.02 Å². The molecule has 2 unspecified atom stereocenters. The Morgan fingerprint density at radius 2 is 1.85 bits per heavy atom. The van der Waals surface area contributed by atoms with Crippen molar-refractivity contribution >= 4 is 21.6 Å². The highest BCUT2D eigenvalue weighted by atomic mass is 35.5. The second-order valence-electron chi connectivity index (χ2n) is 5.79. The number of halogens is 1. The van der Waals surface area contributed by atoms with Crippen LogP contribution in [0.25, 0.3) is 0 Å². The minimum absolute atomic E-state index is 0.0753. The molecule has 2 aliphatic rings. The zero-order valence-electron chi connectivity index (χ0n) is 11.5. The van der Waals surface area contributed by atoms with Gasteiger partial charge in [-0.1, -0.05) is 29.8 Å². The minimum Gasteiger partial charge on any atom is -0.207 e. The first-order chi connectivity index (χ1) is 9.39. The van der Waals surface area contributed by atoms with Crippen LogP contribution in [0.5, 0.6) is 0 Å². The molecule has 2 heterocycles.